The third-order valence-electron chi connectivity index (χ3n) is 2.51. The normalized spacial score (nSPS) is 10.1. The van der Waals surface area contributed by atoms with Gasteiger partial charge < -0.3 is 5.32 Å². The number of benzene rings is 1. The average Bonchev–Trinajstić information content (AvgIpc) is 2.84. The molecule has 0 radical (unpaired) electrons. The Hall–Kier alpha value is -1.57. The second-order valence-electron chi connectivity index (χ2n) is 3.70. The summed E-state index contributed by atoms with van der Waals surface area (Å²) >= 11 is 7.64. The molecule has 0 aliphatic heterocycles. The summed E-state index contributed by atoms with van der Waals surface area (Å²) in [6.07, 6.45) is 2.89. The molecule has 0 atom stereocenters. The summed E-state index contributed by atoms with van der Waals surface area (Å²) in [5.74, 6) is 0. The van der Waals surface area contributed by atoms with Crippen molar-refractivity contribution in [3.8, 4) is 6.07 Å². The molecule has 0 amide bonds. The third kappa shape index (κ3) is 2.81. The van der Waals surface area contributed by atoms with E-state index in [1.54, 1.807) is 17.4 Å². The van der Waals surface area contributed by atoms with E-state index in [1.807, 2.05) is 18.3 Å². The standard InChI is InChI=1S/C13H12ClN3S/c1-2-9-7-17-13(18-9)8-16-12-5-3-4-11(14)10(12)6-15/h3-5,7,16H,2,8H2,1H3. The number of thiazole rings is 1. The van der Waals surface area contributed by atoms with Crippen LogP contribution in [-0.2, 0) is 13.0 Å². The zero-order chi connectivity index (χ0) is 13.0. The highest BCUT2D eigenvalue weighted by molar-refractivity contribution is 7.11. The fourth-order valence-corrected chi connectivity index (χ4v) is 2.57. The second kappa shape index (κ2) is 5.85. The van der Waals surface area contributed by atoms with E-state index in [9.17, 15) is 0 Å². The lowest BCUT2D eigenvalue weighted by Crippen LogP contribution is -2.00. The lowest BCUT2D eigenvalue weighted by molar-refractivity contribution is 1.09. The van der Waals surface area contributed by atoms with Crippen molar-refractivity contribution in [3.63, 3.8) is 0 Å². The van der Waals surface area contributed by atoms with Crippen LogP contribution in [0.15, 0.2) is 24.4 Å². The van der Waals surface area contributed by atoms with Crippen molar-refractivity contribution < 1.29 is 0 Å². The van der Waals surface area contributed by atoms with E-state index in [4.69, 9.17) is 16.9 Å². The summed E-state index contributed by atoms with van der Waals surface area (Å²) < 4.78 is 0. The summed E-state index contributed by atoms with van der Waals surface area (Å²) in [6.45, 7) is 2.72. The topological polar surface area (TPSA) is 48.7 Å². The highest BCUT2D eigenvalue weighted by atomic mass is 35.5. The Labute approximate surface area is 115 Å². The number of hydrogen-bond donors (Lipinski definition) is 1. The molecule has 0 bridgehead atoms. The number of nitriles is 1. The molecule has 0 aliphatic rings. The molecule has 5 heteroatoms. The summed E-state index contributed by atoms with van der Waals surface area (Å²) in [5.41, 5.74) is 1.23. The average molecular weight is 278 g/mol. The van der Waals surface area contributed by atoms with Crippen LogP contribution in [0.2, 0.25) is 5.02 Å². The van der Waals surface area contributed by atoms with Crippen LogP contribution < -0.4 is 5.32 Å². The van der Waals surface area contributed by atoms with Crippen molar-refractivity contribution >= 4 is 28.6 Å². The van der Waals surface area contributed by atoms with Crippen LogP contribution in [0.4, 0.5) is 5.69 Å². The molecule has 0 fully saturated rings. The first-order valence-electron chi connectivity index (χ1n) is 5.60. The zero-order valence-electron chi connectivity index (χ0n) is 9.90. The van der Waals surface area contributed by atoms with E-state index in [0.717, 1.165) is 17.1 Å². The molecule has 2 rings (SSSR count). The summed E-state index contributed by atoms with van der Waals surface area (Å²) in [5, 5.41) is 13.7. The Morgan fingerprint density at radius 1 is 1.50 bits per heavy atom. The lowest BCUT2D eigenvalue weighted by atomic mass is 10.2. The molecule has 0 spiro atoms. The van der Waals surface area contributed by atoms with E-state index in [1.165, 1.54) is 4.88 Å². The molecule has 2 aromatic rings. The van der Waals surface area contributed by atoms with Crippen molar-refractivity contribution in [2.24, 2.45) is 0 Å². The van der Waals surface area contributed by atoms with Crippen molar-refractivity contribution in [2.75, 3.05) is 5.32 Å². The van der Waals surface area contributed by atoms with Gasteiger partial charge in [0.25, 0.3) is 0 Å². The van der Waals surface area contributed by atoms with Gasteiger partial charge in [-0.1, -0.05) is 24.6 Å². The molecule has 0 saturated carbocycles. The maximum atomic E-state index is 9.05. The molecule has 92 valence electrons. The minimum absolute atomic E-state index is 0.468. The first kappa shape index (κ1) is 12.9. The van der Waals surface area contributed by atoms with Crippen molar-refractivity contribution in [1.29, 1.82) is 5.26 Å². The van der Waals surface area contributed by atoms with Gasteiger partial charge in [0.15, 0.2) is 0 Å². The Balaban J connectivity index is 2.11. The van der Waals surface area contributed by atoms with Gasteiger partial charge in [-0.2, -0.15) is 5.26 Å². The molecule has 1 aromatic carbocycles. The smallest absolute Gasteiger partial charge is 0.112 e. The Morgan fingerprint density at radius 3 is 3.00 bits per heavy atom. The van der Waals surface area contributed by atoms with E-state index < -0.39 is 0 Å². The Morgan fingerprint density at radius 2 is 2.33 bits per heavy atom. The van der Waals surface area contributed by atoms with Crippen LogP contribution in [0.1, 0.15) is 22.4 Å². The molecule has 1 heterocycles. The zero-order valence-corrected chi connectivity index (χ0v) is 11.5. The monoisotopic (exact) mass is 277 g/mol. The van der Waals surface area contributed by atoms with E-state index in [-0.39, 0.29) is 0 Å². The van der Waals surface area contributed by atoms with E-state index >= 15 is 0 Å². The minimum Gasteiger partial charge on any atom is -0.377 e. The molecule has 1 aromatic heterocycles. The number of aryl methyl sites for hydroxylation is 1. The number of nitrogens with zero attached hydrogens (tertiary/aromatic N) is 2. The maximum Gasteiger partial charge on any atom is 0.112 e. The van der Waals surface area contributed by atoms with Gasteiger partial charge in [-0.05, 0) is 18.6 Å². The van der Waals surface area contributed by atoms with Gasteiger partial charge in [0.1, 0.15) is 11.1 Å². The fraction of sp³-hybridized carbons (Fsp3) is 0.231. The number of rotatable bonds is 4. The van der Waals surface area contributed by atoms with Gasteiger partial charge in [0.05, 0.1) is 22.8 Å². The SMILES string of the molecule is CCc1cnc(CNc2cccc(Cl)c2C#N)s1. The highest BCUT2D eigenvalue weighted by Gasteiger charge is 2.07. The van der Waals surface area contributed by atoms with Crippen molar-refractivity contribution in [3.05, 3.63) is 44.9 Å². The second-order valence-corrected chi connectivity index (χ2v) is 5.31. The predicted octanol–water partition coefficient (Wildman–Crippen LogP) is 3.84. The number of halogens is 1. The molecule has 0 saturated heterocycles. The number of aromatic nitrogens is 1. The van der Waals surface area contributed by atoms with Gasteiger partial charge in [0.2, 0.25) is 0 Å². The quantitative estimate of drug-likeness (QED) is 0.924. The number of nitrogens with one attached hydrogen (secondary N) is 1. The Kier molecular flexibility index (Phi) is 4.19. The van der Waals surface area contributed by atoms with Gasteiger partial charge in [-0.25, -0.2) is 4.98 Å². The van der Waals surface area contributed by atoms with Crippen LogP contribution in [-0.4, -0.2) is 4.98 Å². The summed E-state index contributed by atoms with van der Waals surface area (Å²) in [6, 6.07) is 7.49. The first-order chi connectivity index (χ1) is 8.74. The number of anilines is 1. The van der Waals surface area contributed by atoms with Crippen molar-refractivity contribution in [1.82, 2.24) is 4.98 Å². The maximum absolute atomic E-state index is 9.05. The van der Waals surface area contributed by atoms with Gasteiger partial charge >= 0.3 is 0 Å². The fourth-order valence-electron chi connectivity index (χ4n) is 1.55. The van der Waals surface area contributed by atoms with Crippen LogP contribution in [0.25, 0.3) is 0 Å². The van der Waals surface area contributed by atoms with Crippen molar-refractivity contribution in [2.45, 2.75) is 19.9 Å². The third-order valence-corrected chi connectivity index (χ3v) is 3.96. The van der Waals surface area contributed by atoms with E-state index in [0.29, 0.717) is 17.1 Å². The predicted molar refractivity (Wildman–Crippen MR) is 75.0 cm³/mol. The van der Waals surface area contributed by atoms with Crippen LogP contribution in [0.5, 0.6) is 0 Å². The largest absolute Gasteiger partial charge is 0.377 e. The van der Waals surface area contributed by atoms with Crippen LogP contribution in [0.3, 0.4) is 0 Å². The van der Waals surface area contributed by atoms with Gasteiger partial charge in [-0.15, -0.1) is 11.3 Å². The van der Waals surface area contributed by atoms with Gasteiger partial charge in [0, 0.05) is 11.1 Å². The summed E-state index contributed by atoms with van der Waals surface area (Å²) in [4.78, 5) is 5.58. The minimum atomic E-state index is 0.468. The molecule has 18 heavy (non-hydrogen) atoms. The summed E-state index contributed by atoms with van der Waals surface area (Å²) in [7, 11) is 0. The molecular formula is C13H12ClN3S. The molecule has 0 aliphatic carbocycles. The number of hydrogen-bond acceptors (Lipinski definition) is 4. The molecule has 0 unspecified atom stereocenters. The first-order valence-corrected chi connectivity index (χ1v) is 6.80. The van der Waals surface area contributed by atoms with Crippen LogP contribution >= 0.6 is 22.9 Å². The van der Waals surface area contributed by atoms with Gasteiger partial charge in [-0.3, -0.25) is 0 Å². The van der Waals surface area contributed by atoms with E-state index in [2.05, 4.69) is 23.3 Å². The molecule has 3 nitrogen and oxygen atoms in total. The molecular weight excluding hydrogens is 266 g/mol. The van der Waals surface area contributed by atoms with Crippen LogP contribution in [0, 0.1) is 11.3 Å². The highest BCUT2D eigenvalue weighted by Crippen LogP contribution is 2.24. The Bertz CT molecular complexity index is 586. The molecule has 1 N–H and O–H groups in total. The lowest BCUT2D eigenvalue weighted by Gasteiger charge is -2.07.